The van der Waals surface area contributed by atoms with E-state index >= 15 is 0 Å². The lowest BCUT2D eigenvalue weighted by atomic mass is 10.1. The monoisotopic (exact) mass is 353 g/mol. The maximum atomic E-state index is 13.7. The topological polar surface area (TPSA) is 39.5 Å². The fourth-order valence-electron chi connectivity index (χ4n) is 1.93. The van der Waals surface area contributed by atoms with Gasteiger partial charge in [0.05, 0.1) is 5.71 Å². The van der Waals surface area contributed by atoms with Crippen molar-refractivity contribution in [3.8, 4) is 0 Å². The lowest BCUT2D eigenvalue weighted by Gasteiger charge is -2.16. The zero-order valence-corrected chi connectivity index (χ0v) is 15.9. The van der Waals surface area contributed by atoms with Crippen molar-refractivity contribution < 1.29 is 4.39 Å². The zero-order valence-electron chi connectivity index (χ0n) is 14.0. The summed E-state index contributed by atoms with van der Waals surface area (Å²) in [6, 6.07) is 7.79. The molecule has 0 radical (unpaired) electrons. The van der Waals surface area contributed by atoms with Crippen LogP contribution in [-0.2, 0) is 6.54 Å². The molecule has 23 heavy (non-hydrogen) atoms. The van der Waals surface area contributed by atoms with Crippen LogP contribution in [0.2, 0.25) is 0 Å². The van der Waals surface area contributed by atoms with Crippen LogP contribution in [0.25, 0.3) is 0 Å². The number of aliphatic imine (C=N–C) groups is 1. The summed E-state index contributed by atoms with van der Waals surface area (Å²) < 4.78 is 16.0. The molecule has 1 N–H and O–H groups in total. The van der Waals surface area contributed by atoms with E-state index in [0.29, 0.717) is 5.56 Å². The predicted octanol–water partition coefficient (Wildman–Crippen LogP) is 4.52. The van der Waals surface area contributed by atoms with Crippen molar-refractivity contribution in [3.05, 3.63) is 35.4 Å². The molecule has 0 aromatic heterocycles. The highest BCUT2D eigenvalue weighted by molar-refractivity contribution is 7.96. The van der Waals surface area contributed by atoms with E-state index in [1.807, 2.05) is 36.2 Å². The van der Waals surface area contributed by atoms with Crippen LogP contribution in [0, 0.1) is 11.3 Å². The quantitative estimate of drug-likeness (QED) is 0.339. The van der Waals surface area contributed by atoms with Gasteiger partial charge in [0.1, 0.15) is 0 Å². The number of rotatable bonds is 7. The van der Waals surface area contributed by atoms with Gasteiger partial charge in [0.25, 0.3) is 0 Å². The van der Waals surface area contributed by atoms with Crippen LogP contribution in [0.3, 0.4) is 0 Å². The summed E-state index contributed by atoms with van der Waals surface area (Å²) in [6.45, 7) is 3.89. The van der Waals surface area contributed by atoms with Crippen LogP contribution in [-0.4, -0.2) is 34.1 Å². The average Bonchev–Trinajstić information content (AvgIpc) is 3.29. The fourth-order valence-corrected chi connectivity index (χ4v) is 3.03. The Morgan fingerprint density at radius 2 is 2.04 bits per heavy atom. The van der Waals surface area contributed by atoms with Crippen molar-refractivity contribution in [1.82, 2.24) is 4.31 Å². The van der Waals surface area contributed by atoms with Crippen molar-refractivity contribution in [1.29, 1.82) is 5.41 Å². The number of amidine groups is 1. The van der Waals surface area contributed by atoms with Crippen LogP contribution in [0.1, 0.15) is 37.8 Å². The molecule has 0 aliphatic heterocycles. The third-order valence-corrected chi connectivity index (χ3v) is 5.46. The number of hydrogen-bond donors (Lipinski definition) is 1. The van der Waals surface area contributed by atoms with Gasteiger partial charge < -0.3 is 0 Å². The van der Waals surface area contributed by atoms with Gasteiger partial charge in [-0.25, -0.2) is 13.7 Å². The minimum Gasteiger partial charge on any atom is -0.282 e. The van der Waals surface area contributed by atoms with E-state index in [1.165, 1.54) is 31.1 Å². The Balaban J connectivity index is 1.91. The molecule has 3 nitrogen and oxygen atoms in total. The molecule has 126 valence electrons. The van der Waals surface area contributed by atoms with Gasteiger partial charge >= 0.3 is 0 Å². The second kappa shape index (κ2) is 7.87. The van der Waals surface area contributed by atoms with E-state index in [2.05, 4.69) is 25.6 Å². The van der Waals surface area contributed by atoms with Gasteiger partial charge in [0.2, 0.25) is 0 Å². The van der Waals surface area contributed by atoms with Crippen LogP contribution in [0.15, 0.2) is 29.3 Å². The highest BCUT2D eigenvalue weighted by Crippen LogP contribution is 2.33. The molecule has 1 aliphatic rings. The first-order chi connectivity index (χ1) is 10.8. The summed E-state index contributed by atoms with van der Waals surface area (Å²) in [6.07, 6.45) is 2.76. The van der Waals surface area contributed by atoms with Crippen molar-refractivity contribution in [3.63, 3.8) is 0 Å². The van der Waals surface area contributed by atoms with Gasteiger partial charge in [-0.05, 0) is 45.2 Å². The first-order valence-corrected chi connectivity index (χ1v) is 9.33. The molecule has 1 saturated carbocycles. The molecule has 0 heterocycles. The van der Waals surface area contributed by atoms with Gasteiger partial charge in [0, 0.05) is 17.9 Å². The Morgan fingerprint density at radius 1 is 1.43 bits per heavy atom. The van der Waals surface area contributed by atoms with Crippen molar-refractivity contribution in [2.75, 3.05) is 12.8 Å². The highest BCUT2D eigenvalue weighted by atomic mass is 32.2. The van der Waals surface area contributed by atoms with E-state index in [9.17, 15) is 4.39 Å². The fraction of sp³-hybridized carbons (Fsp3) is 0.529. The maximum absolute atomic E-state index is 13.7. The minimum atomic E-state index is -1.58. The molecule has 1 unspecified atom stereocenters. The predicted molar refractivity (Wildman–Crippen MR) is 102 cm³/mol. The zero-order chi connectivity index (χ0) is 17.0. The number of nitrogens with zero attached hydrogens (tertiary/aromatic N) is 2. The molecule has 0 amide bonds. The molecular weight excluding hydrogens is 328 g/mol. The molecule has 0 saturated heterocycles. The van der Waals surface area contributed by atoms with Crippen LogP contribution in [0.4, 0.5) is 4.39 Å². The third kappa shape index (κ3) is 6.33. The Morgan fingerprint density at radius 3 is 2.57 bits per heavy atom. The highest BCUT2D eigenvalue weighted by Gasteiger charge is 2.22. The smallest absolute Gasteiger partial charge is 0.158 e. The molecule has 1 aromatic rings. The number of halogens is 1. The summed E-state index contributed by atoms with van der Waals surface area (Å²) in [7, 11) is 4.21. The first kappa shape index (κ1) is 18.6. The Labute approximate surface area is 145 Å². The standard InChI is InChI=1S/C17H25FN3PS/c1-12(17(2,18)22)20-16(19)15-8-6-13(7-9-15)10-21(3)23-11-14-4-5-14/h6-9,14,19H,4-5,10-11,22H2,1-3H3/b19-16?,20-12+/t17-/m1/s1. The molecule has 2 rings (SSSR count). The van der Waals surface area contributed by atoms with E-state index in [-0.39, 0.29) is 11.5 Å². The summed E-state index contributed by atoms with van der Waals surface area (Å²) in [5.74, 6) is 2.23. The number of nitrogens with one attached hydrogen (secondary N) is 1. The van der Waals surface area contributed by atoms with Gasteiger partial charge in [-0.3, -0.25) is 5.41 Å². The van der Waals surface area contributed by atoms with Crippen LogP contribution in [0.5, 0.6) is 0 Å². The third-order valence-electron chi connectivity index (χ3n) is 3.85. The van der Waals surface area contributed by atoms with Crippen LogP contribution >= 0.6 is 21.2 Å². The molecule has 0 bridgehead atoms. The van der Waals surface area contributed by atoms with Gasteiger partial charge in [-0.2, -0.15) is 0 Å². The van der Waals surface area contributed by atoms with Crippen LogP contribution < -0.4 is 0 Å². The van der Waals surface area contributed by atoms with E-state index in [1.54, 1.807) is 6.92 Å². The van der Waals surface area contributed by atoms with E-state index in [0.717, 1.165) is 12.5 Å². The van der Waals surface area contributed by atoms with E-state index in [4.69, 9.17) is 5.41 Å². The van der Waals surface area contributed by atoms with E-state index < -0.39 is 5.41 Å². The lowest BCUT2D eigenvalue weighted by molar-refractivity contribution is 0.410. The Kier molecular flexibility index (Phi) is 6.35. The summed E-state index contributed by atoms with van der Waals surface area (Å²) in [5.41, 5.74) is 2.19. The molecule has 1 aromatic carbocycles. The molecule has 0 spiro atoms. The minimum absolute atomic E-state index is 0.0943. The SMILES string of the molecule is C/C(=N\C(=N)c1ccc(CN(C)SCC2CC2)cc1)[C@](C)(F)P. The maximum Gasteiger partial charge on any atom is 0.158 e. The van der Waals surface area contributed by atoms with Crippen molar-refractivity contribution in [2.45, 2.75) is 38.6 Å². The van der Waals surface area contributed by atoms with Crippen molar-refractivity contribution >= 4 is 32.7 Å². The summed E-state index contributed by atoms with van der Waals surface area (Å²) >= 11 is 1.89. The van der Waals surface area contributed by atoms with Crippen molar-refractivity contribution in [2.24, 2.45) is 10.9 Å². The molecule has 2 atom stereocenters. The first-order valence-electron chi connectivity index (χ1n) is 7.81. The number of benzene rings is 1. The Bertz CT molecular complexity index is 576. The largest absolute Gasteiger partial charge is 0.282 e. The van der Waals surface area contributed by atoms with Gasteiger partial charge in [-0.15, -0.1) is 0 Å². The summed E-state index contributed by atoms with van der Waals surface area (Å²) in [5, 5.41) is 6.42. The summed E-state index contributed by atoms with van der Waals surface area (Å²) in [4.78, 5) is 4.05. The normalized spacial score (nSPS) is 18.1. The Hall–Kier alpha value is -0.770. The molecule has 1 fully saturated rings. The number of alkyl halides is 1. The molecule has 1 aliphatic carbocycles. The average molecular weight is 353 g/mol. The second-order valence-electron chi connectivity index (χ2n) is 6.34. The number of hydrogen-bond acceptors (Lipinski definition) is 3. The van der Waals surface area contributed by atoms with Gasteiger partial charge in [-0.1, -0.05) is 45.5 Å². The molecule has 6 heteroatoms. The van der Waals surface area contributed by atoms with Gasteiger partial charge in [0.15, 0.2) is 11.2 Å². The second-order valence-corrected chi connectivity index (χ2v) is 8.64. The molecular formula is C17H25FN3PS. The lowest BCUT2D eigenvalue weighted by Crippen LogP contribution is -2.20.